The fourth-order valence-corrected chi connectivity index (χ4v) is 2.95. The Morgan fingerprint density at radius 1 is 1.57 bits per heavy atom. The minimum atomic E-state index is -4.64. The second kappa shape index (κ2) is 6.79. The number of carbonyl (C=O) groups is 1. The number of alkyl halides is 3. The molecule has 0 aromatic carbocycles. The number of aromatic nitrogens is 1. The van der Waals surface area contributed by atoms with Crippen molar-refractivity contribution in [3.05, 3.63) is 22.9 Å². The molecule has 0 radical (unpaired) electrons. The molecule has 0 saturated heterocycles. The summed E-state index contributed by atoms with van der Waals surface area (Å²) < 4.78 is 44.5. The van der Waals surface area contributed by atoms with Crippen molar-refractivity contribution in [3.8, 4) is 6.07 Å². The second-order valence-electron chi connectivity index (χ2n) is 5.17. The van der Waals surface area contributed by atoms with Crippen molar-refractivity contribution >= 4 is 17.7 Å². The Balaban J connectivity index is 2.42. The van der Waals surface area contributed by atoms with E-state index in [0.29, 0.717) is 5.69 Å². The van der Waals surface area contributed by atoms with Crippen LogP contribution in [0.15, 0.2) is 11.1 Å². The van der Waals surface area contributed by atoms with E-state index in [1.54, 1.807) is 13.0 Å². The number of nitrogens with zero attached hydrogens (tertiary/aromatic N) is 2. The lowest BCUT2D eigenvalue weighted by Crippen LogP contribution is -2.18. The zero-order valence-electron chi connectivity index (χ0n) is 12.6. The SMILES string of the molecule is CCOC(=O)[C@@H](C)Sc1nc(C2CC2)cc(C(F)(F)F)c1C#N. The van der Waals surface area contributed by atoms with E-state index in [1.807, 2.05) is 0 Å². The van der Waals surface area contributed by atoms with Crippen molar-refractivity contribution in [1.82, 2.24) is 4.98 Å². The molecular formula is C15H15F3N2O2S. The fourth-order valence-electron chi connectivity index (χ4n) is 2.02. The minimum Gasteiger partial charge on any atom is -0.465 e. The van der Waals surface area contributed by atoms with E-state index in [2.05, 4.69) is 4.98 Å². The van der Waals surface area contributed by atoms with Crippen LogP contribution in [0.3, 0.4) is 0 Å². The molecule has 1 heterocycles. The molecule has 124 valence electrons. The van der Waals surface area contributed by atoms with Crippen molar-refractivity contribution in [3.63, 3.8) is 0 Å². The Kier molecular flexibility index (Phi) is 5.19. The van der Waals surface area contributed by atoms with Gasteiger partial charge in [0.15, 0.2) is 0 Å². The highest BCUT2D eigenvalue weighted by Crippen LogP contribution is 2.44. The van der Waals surface area contributed by atoms with Gasteiger partial charge in [-0.25, -0.2) is 4.98 Å². The Morgan fingerprint density at radius 3 is 2.70 bits per heavy atom. The molecule has 0 N–H and O–H groups in total. The van der Waals surface area contributed by atoms with Gasteiger partial charge in [-0.1, -0.05) is 11.8 Å². The Labute approximate surface area is 136 Å². The monoisotopic (exact) mass is 344 g/mol. The van der Waals surface area contributed by atoms with E-state index in [-0.39, 0.29) is 17.6 Å². The van der Waals surface area contributed by atoms with Gasteiger partial charge >= 0.3 is 12.1 Å². The Bertz CT molecular complexity index is 651. The van der Waals surface area contributed by atoms with Crippen molar-refractivity contribution in [2.75, 3.05) is 6.61 Å². The first-order valence-corrected chi connectivity index (χ1v) is 8.01. The van der Waals surface area contributed by atoms with Crippen LogP contribution in [0.2, 0.25) is 0 Å². The normalized spacial score (nSPS) is 15.8. The standard InChI is InChI=1S/C15H15F3N2O2S/c1-3-22-14(21)8(2)23-13-10(7-19)11(15(16,17)18)6-12(20-13)9-4-5-9/h6,8-9H,3-5H2,1-2H3/t8-/m1/s1. The summed E-state index contributed by atoms with van der Waals surface area (Å²) in [5.41, 5.74) is -1.20. The molecule has 1 aliphatic carbocycles. The number of hydrogen-bond acceptors (Lipinski definition) is 5. The average molecular weight is 344 g/mol. The lowest BCUT2D eigenvalue weighted by atomic mass is 10.1. The van der Waals surface area contributed by atoms with E-state index in [1.165, 1.54) is 6.92 Å². The number of carbonyl (C=O) groups excluding carboxylic acids is 1. The first-order valence-electron chi connectivity index (χ1n) is 7.13. The zero-order chi connectivity index (χ0) is 17.2. The summed E-state index contributed by atoms with van der Waals surface area (Å²) in [5.74, 6) is -0.547. The zero-order valence-corrected chi connectivity index (χ0v) is 13.4. The molecule has 2 rings (SSSR count). The maximum absolute atomic E-state index is 13.2. The smallest absolute Gasteiger partial charge is 0.417 e. The summed E-state index contributed by atoms with van der Waals surface area (Å²) in [4.78, 5) is 15.9. The van der Waals surface area contributed by atoms with Gasteiger partial charge in [-0.15, -0.1) is 0 Å². The van der Waals surface area contributed by atoms with Crippen LogP contribution >= 0.6 is 11.8 Å². The second-order valence-corrected chi connectivity index (χ2v) is 6.50. The quantitative estimate of drug-likeness (QED) is 0.599. The van der Waals surface area contributed by atoms with E-state index >= 15 is 0 Å². The highest BCUT2D eigenvalue weighted by atomic mass is 32.2. The maximum Gasteiger partial charge on any atom is 0.417 e. The highest BCUT2D eigenvalue weighted by Gasteiger charge is 2.38. The van der Waals surface area contributed by atoms with Gasteiger partial charge in [0.1, 0.15) is 16.3 Å². The summed E-state index contributed by atoms with van der Waals surface area (Å²) in [6.07, 6.45) is -3.07. The van der Waals surface area contributed by atoms with Crippen LogP contribution in [-0.2, 0) is 15.7 Å². The van der Waals surface area contributed by atoms with Gasteiger partial charge in [-0.05, 0) is 32.8 Å². The van der Waals surface area contributed by atoms with Crippen LogP contribution in [-0.4, -0.2) is 22.8 Å². The van der Waals surface area contributed by atoms with Crippen molar-refractivity contribution in [2.45, 2.75) is 49.1 Å². The fraction of sp³-hybridized carbons (Fsp3) is 0.533. The molecule has 1 aromatic rings. The molecule has 1 saturated carbocycles. The van der Waals surface area contributed by atoms with E-state index in [0.717, 1.165) is 30.7 Å². The number of halogens is 3. The number of rotatable bonds is 5. The van der Waals surface area contributed by atoms with Crippen LogP contribution in [0, 0.1) is 11.3 Å². The molecule has 0 aliphatic heterocycles. The maximum atomic E-state index is 13.2. The third kappa shape index (κ3) is 4.16. The predicted molar refractivity (Wildman–Crippen MR) is 77.9 cm³/mol. The molecule has 0 amide bonds. The van der Waals surface area contributed by atoms with E-state index in [9.17, 15) is 18.0 Å². The molecule has 1 fully saturated rings. The van der Waals surface area contributed by atoms with Crippen LogP contribution in [0.1, 0.15) is 49.4 Å². The van der Waals surface area contributed by atoms with Crippen LogP contribution in [0.4, 0.5) is 13.2 Å². The van der Waals surface area contributed by atoms with Gasteiger partial charge in [-0.3, -0.25) is 4.79 Å². The number of esters is 1. The van der Waals surface area contributed by atoms with Crippen LogP contribution in [0.5, 0.6) is 0 Å². The van der Waals surface area contributed by atoms with Crippen LogP contribution in [0.25, 0.3) is 0 Å². The van der Waals surface area contributed by atoms with E-state index in [4.69, 9.17) is 10.00 Å². The van der Waals surface area contributed by atoms with Crippen LogP contribution < -0.4 is 0 Å². The first-order chi connectivity index (χ1) is 10.8. The predicted octanol–water partition coefficient (Wildman–Crippen LogP) is 3.89. The van der Waals surface area contributed by atoms with Crippen molar-refractivity contribution in [1.29, 1.82) is 5.26 Å². The Morgan fingerprint density at radius 2 is 2.22 bits per heavy atom. The molecular weight excluding hydrogens is 329 g/mol. The van der Waals surface area contributed by atoms with E-state index < -0.39 is 28.5 Å². The number of pyridine rings is 1. The summed E-state index contributed by atoms with van der Waals surface area (Å²) >= 11 is 0.824. The summed E-state index contributed by atoms with van der Waals surface area (Å²) in [6.45, 7) is 3.34. The summed E-state index contributed by atoms with van der Waals surface area (Å²) in [5, 5.41) is 8.33. The third-order valence-corrected chi connectivity index (χ3v) is 4.39. The topological polar surface area (TPSA) is 63.0 Å². The first kappa shape index (κ1) is 17.6. The molecule has 4 nitrogen and oxygen atoms in total. The molecule has 0 spiro atoms. The minimum absolute atomic E-state index is 0.00101. The number of hydrogen-bond donors (Lipinski definition) is 0. The number of ether oxygens (including phenoxy) is 1. The molecule has 0 bridgehead atoms. The van der Waals surface area contributed by atoms with Gasteiger partial charge in [-0.2, -0.15) is 18.4 Å². The third-order valence-electron chi connectivity index (χ3n) is 3.33. The van der Waals surface area contributed by atoms with Crippen molar-refractivity contribution in [2.24, 2.45) is 0 Å². The van der Waals surface area contributed by atoms with Gasteiger partial charge < -0.3 is 4.74 Å². The molecule has 1 atom stereocenters. The lowest BCUT2D eigenvalue weighted by Gasteiger charge is -2.16. The molecule has 23 heavy (non-hydrogen) atoms. The number of thioether (sulfide) groups is 1. The summed E-state index contributed by atoms with van der Waals surface area (Å²) in [7, 11) is 0. The number of nitriles is 1. The van der Waals surface area contributed by atoms with Gasteiger partial charge in [0.25, 0.3) is 0 Å². The summed E-state index contributed by atoms with van der Waals surface area (Å²) in [6, 6.07) is 2.53. The molecule has 1 aliphatic rings. The van der Waals surface area contributed by atoms with Gasteiger partial charge in [0, 0.05) is 11.6 Å². The van der Waals surface area contributed by atoms with Gasteiger partial charge in [0.2, 0.25) is 0 Å². The van der Waals surface area contributed by atoms with Gasteiger partial charge in [0.05, 0.1) is 17.7 Å². The molecule has 8 heteroatoms. The highest BCUT2D eigenvalue weighted by molar-refractivity contribution is 8.00. The van der Waals surface area contributed by atoms with Crippen molar-refractivity contribution < 1.29 is 22.7 Å². The molecule has 0 unspecified atom stereocenters. The average Bonchev–Trinajstić information content (AvgIpc) is 3.30. The lowest BCUT2D eigenvalue weighted by molar-refractivity contribution is -0.142. The Hall–Kier alpha value is -1.75. The molecule has 1 aromatic heterocycles. The largest absolute Gasteiger partial charge is 0.465 e.